The smallest absolute Gasteiger partial charge is 0.406 e. The molecule has 0 aliphatic heterocycles. The number of hydrogen-bond acceptors (Lipinski definition) is 5. The van der Waals surface area contributed by atoms with Crippen molar-refractivity contribution in [1.29, 1.82) is 0 Å². The van der Waals surface area contributed by atoms with E-state index in [1.807, 2.05) is 0 Å². The second-order valence-corrected chi connectivity index (χ2v) is 5.75. The zero-order valence-electron chi connectivity index (χ0n) is 12.5. The molecule has 2 aromatic rings. The first kappa shape index (κ1) is 18.7. The molecule has 0 spiro atoms. The standard InChI is InChI=1S/C15H13F3N2O4S/c16-15(17,18)24-10-5-3-9(4-6-10)20-14(23)13(22)19-8-11(21)12-2-1-7-25-12/h1-7,11,21H,8H2,(H,19,22)(H,20,23). The summed E-state index contributed by atoms with van der Waals surface area (Å²) >= 11 is 1.31. The number of hydrogen-bond donors (Lipinski definition) is 3. The summed E-state index contributed by atoms with van der Waals surface area (Å²) in [6, 6.07) is 7.75. The van der Waals surface area contributed by atoms with Crippen LogP contribution in [0.1, 0.15) is 11.0 Å². The molecule has 25 heavy (non-hydrogen) atoms. The first-order chi connectivity index (χ1) is 11.7. The predicted molar refractivity (Wildman–Crippen MR) is 84.0 cm³/mol. The van der Waals surface area contributed by atoms with Crippen LogP contribution in [-0.4, -0.2) is 29.8 Å². The van der Waals surface area contributed by atoms with Crippen LogP contribution in [0.4, 0.5) is 18.9 Å². The number of carbonyl (C=O) groups excluding carboxylic acids is 2. The number of thiophene rings is 1. The lowest BCUT2D eigenvalue weighted by molar-refractivity contribution is -0.274. The Kier molecular flexibility index (Phi) is 5.99. The van der Waals surface area contributed by atoms with Crippen molar-refractivity contribution in [3.05, 3.63) is 46.7 Å². The van der Waals surface area contributed by atoms with Crippen LogP contribution < -0.4 is 15.4 Å². The van der Waals surface area contributed by atoms with E-state index in [4.69, 9.17) is 0 Å². The minimum atomic E-state index is -4.81. The quantitative estimate of drug-likeness (QED) is 0.702. The molecule has 0 saturated heterocycles. The molecule has 1 heterocycles. The van der Waals surface area contributed by atoms with Crippen molar-refractivity contribution in [3.8, 4) is 5.75 Å². The lowest BCUT2D eigenvalue weighted by atomic mass is 10.3. The van der Waals surface area contributed by atoms with Gasteiger partial charge in [-0.3, -0.25) is 9.59 Å². The van der Waals surface area contributed by atoms with Gasteiger partial charge in [-0.05, 0) is 35.7 Å². The maximum absolute atomic E-state index is 12.0. The highest BCUT2D eigenvalue weighted by atomic mass is 32.1. The Balaban J connectivity index is 1.83. The Morgan fingerprint density at radius 1 is 1.16 bits per heavy atom. The molecule has 10 heteroatoms. The van der Waals surface area contributed by atoms with E-state index >= 15 is 0 Å². The number of ether oxygens (including phenoxy) is 1. The van der Waals surface area contributed by atoms with Gasteiger partial charge in [-0.1, -0.05) is 6.07 Å². The van der Waals surface area contributed by atoms with Crippen molar-refractivity contribution >= 4 is 28.8 Å². The summed E-state index contributed by atoms with van der Waals surface area (Å²) in [6.07, 6.45) is -5.75. The largest absolute Gasteiger partial charge is 0.573 e. The van der Waals surface area contributed by atoms with Gasteiger partial charge in [0.2, 0.25) is 0 Å². The van der Waals surface area contributed by atoms with Crippen molar-refractivity contribution in [2.45, 2.75) is 12.5 Å². The third-order valence-corrected chi connectivity index (χ3v) is 3.85. The third-order valence-electron chi connectivity index (χ3n) is 2.88. The molecule has 2 amide bonds. The predicted octanol–water partition coefficient (Wildman–Crippen LogP) is 2.44. The SMILES string of the molecule is O=C(NCC(O)c1cccs1)C(=O)Nc1ccc(OC(F)(F)F)cc1. The monoisotopic (exact) mass is 374 g/mol. The molecule has 1 unspecified atom stereocenters. The van der Waals surface area contributed by atoms with Crippen LogP contribution in [0.15, 0.2) is 41.8 Å². The van der Waals surface area contributed by atoms with E-state index in [0.717, 1.165) is 24.3 Å². The van der Waals surface area contributed by atoms with E-state index in [1.165, 1.54) is 11.3 Å². The highest BCUT2D eigenvalue weighted by Crippen LogP contribution is 2.24. The summed E-state index contributed by atoms with van der Waals surface area (Å²) in [4.78, 5) is 24.0. The number of benzene rings is 1. The molecule has 1 atom stereocenters. The summed E-state index contributed by atoms with van der Waals surface area (Å²) in [5, 5.41) is 16.1. The van der Waals surface area contributed by atoms with Crippen molar-refractivity contribution in [2.75, 3.05) is 11.9 Å². The van der Waals surface area contributed by atoms with E-state index in [2.05, 4.69) is 15.4 Å². The molecule has 0 bridgehead atoms. The maximum Gasteiger partial charge on any atom is 0.573 e. The van der Waals surface area contributed by atoms with Gasteiger partial charge in [0.1, 0.15) is 11.9 Å². The Morgan fingerprint density at radius 3 is 2.40 bits per heavy atom. The maximum atomic E-state index is 12.0. The molecule has 0 aliphatic carbocycles. The molecule has 2 rings (SSSR count). The van der Waals surface area contributed by atoms with E-state index < -0.39 is 30.0 Å². The number of aliphatic hydroxyl groups excluding tert-OH is 1. The van der Waals surface area contributed by atoms with Gasteiger partial charge < -0.3 is 20.5 Å². The minimum Gasteiger partial charge on any atom is -0.406 e. The number of amides is 2. The molecule has 0 radical (unpaired) electrons. The number of anilines is 1. The highest BCUT2D eigenvalue weighted by Gasteiger charge is 2.31. The third kappa shape index (κ3) is 6.08. The van der Waals surface area contributed by atoms with Crippen LogP contribution in [-0.2, 0) is 9.59 Å². The van der Waals surface area contributed by atoms with Crippen molar-refractivity contribution in [3.63, 3.8) is 0 Å². The average molecular weight is 374 g/mol. The number of carbonyl (C=O) groups is 2. The van der Waals surface area contributed by atoms with E-state index in [9.17, 15) is 27.9 Å². The fraction of sp³-hybridized carbons (Fsp3) is 0.200. The number of aliphatic hydroxyl groups is 1. The first-order valence-electron chi connectivity index (χ1n) is 6.91. The Bertz CT molecular complexity index is 717. The summed E-state index contributed by atoms with van der Waals surface area (Å²) < 4.78 is 39.8. The summed E-state index contributed by atoms with van der Waals surface area (Å²) in [5.74, 6) is -2.44. The zero-order chi connectivity index (χ0) is 18.4. The van der Waals surface area contributed by atoms with Gasteiger partial charge in [0.05, 0.1) is 0 Å². The summed E-state index contributed by atoms with van der Waals surface area (Å²) in [5.41, 5.74) is 0.119. The molecule has 134 valence electrons. The van der Waals surface area contributed by atoms with E-state index in [0.29, 0.717) is 4.88 Å². The number of nitrogens with one attached hydrogen (secondary N) is 2. The molecule has 6 nitrogen and oxygen atoms in total. The topological polar surface area (TPSA) is 87.7 Å². The van der Waals surface area contributed by atoms with Gasteiger partial charge in [0.15, 0.2) is 0 Å². The zero-order valence-corrected chi connectivity index (χ0v) is 13.4. The molecule has 1 aromatic carbocycles. The molecule has 3 N–H and O–H groups in total. The van der Waals surface area contributed by atoms with Gasteiger partial charge in [-0.2, -0.15) is 0 Å². The van der Waals surface area contributed by atoms with Crippen LogP contribution in [0.2, 0.25) is 0 Å². The molecule has 0 saturated carbocycles. The lowest BCUT2D eigenvalue weighted by Gasteiger charge is -2.11. The van der Waals surface area contributed by atoms with Gasteiger partial charge in [-0.15, -0.1) is 24.5 Å². The fourth-order valence-corrected chi connectivity index (χ4v) is 2.49. The highest BCUT2D eigenvalue weighted by molar-refractivity contribution is 7.10. The van der Waals surface area contributed by atoms with Crippen molar-refractivity contribution in [1.82, 2.24) is 5.32 Å². The fourth-order valence-electron chi connectivity index (χ4n) is 1.78. The number of alkyl halides is 3. The summed E-state index contributed by atoms with van der Waals surface area (Å²) in [6.45, 7) is -0.148. The number of rotatable bonds is 5. The molecule has 0 aliphatic rings. The second-order valence-electron chi connectivity index (χ2n) is 4.77. The minimum absolute atomic E-state index is 0.119. The molecule has 1 aromatic heterocycles. The van der Waals surface area contributed by atoms with Gasteiger partial charge in [-0.25, -0.2) is 0 Å². The van der Waals surface area contributed by atoms with Crippen LogP contribution >= 0.6 is 11.3 Å². The lowest BCUT2D eigenvalue weighted by Crippen LogP contribution is -2.37. The van der Waals surface area contributed by atoms with Gasteiger partial charge >= 0.3 is 18.2 Å². The van der Waals surface area contributed by atoms with Crippen LogP contribution in [0.25, 0.3) is 0 Å². The Labute approximate surface area is 144 Å². The van der Waals surface area contributed by atoms with Crippen LogP contribution in [0, 0.1) is 0 Å². The second kappa shape index (κ2) is 7.99. The van der Waals surface area contributed by atoms with Crippen molar-refractivity contribution < 1.29 is 32.6 Å². The Hall–Kier alpha value is -2.59. The molecule has 0 fully saturated rings. The van der Waals surface area contributed by atoms with E-state index in [-0.39, 0.29) is 12.2 Å². The summed E-state index contributed by atoms with van der Waals surface area (Å²) in [7, 11) is 0. The molecular formula is C15H13F3N2O4S. The van der Waals surface area contributed by atoms with Crippen LogP contribution in [0.3, 0.4) is 0 Å². The van der Waals surface area contributed by atoms with Gasteiger partial charge in [0, 0.05) is 17.1 Å². The average Bonchev–Trinajstić information content (AvgIpc) is 3.07. The van der Waals surface area contributed by atoms with Gasteiger partial charge in [0.25, 0.3) is 0 Å². The van der Waals surface area contributed by atoms with E-state index in [1.54, 1.807) is 17.5 Å². The first-order valence-corrected chi connectivity index (χ1v) is 7.79. The number of halogens is 3. The Morgan fingerprint density at radius 2 is 1.84 bits per heavy atom. The molecular weight excluding hydrogens is 361 g/mol. The normalized spacial score (nSPS) is 12.3. The van der Waals surface area contributed by atoms with Crippen LogP contribution in [0.5, 0.6) is 5.75 Å². The van der Waals surface area contributed by atoms with Crippen molar-refractivity contribution in [2.24, 2.45) is 0 Å².